The van der Waals surface area contributed by atoms with Gasteiger partial charge in [0.25, 0.3) is 0 Å². The monoisotopic (exact) mass is 278 g/mol. The first-order chi connectivity index (χ1) is 9.54. The molecule has 1 aliphatic heterocycles. The van der Waals surface area contributed by atoms with E-state index in [0.29, 0.717) is 23.5 Å². The number of anilines is 2. The van der Waals surface area contributed by atoms with E-state index in [4.69, 9.17) is 0 Å². The molecular weight excluding hydrogens is 256 g/mol. The Labute approximate surface area is 119 Å². The van der Waals surface area contributed by atoms with Crippen molar-refractivity contribution in [1.29, 1.82) is 0 Å². The predicted molar refractivity (Wildman–Crippen MR) is 80.9 cm³/mol. The molecule has 0 radical (unpaired) electrons. The van der Waals surface area contributed by atoms with Crippen molar-refractivity contribution >= 4 is 17.1 Å². The molecule has 2 atom stereocenters. The number of para-hydroxylation sites is 1. The van der Waals surface area contributed by atoms with Crippen LogP contribution in [0.2, 0.25) is 0 Å². The van der Waals surface area contributed by atoms with Gasteiger partial charge in [-0.2, -0.15) is 0 Å². The zero-order valence-electron chi connectivity index (χ0n) is 12.2. The summed E-state index contributed by atoms with van der Waals surface area (Å²) >= 11 is 0. The van der Waals surface area contributed by atoms with Gasteiger partial charge < -0.3 is 10.7 Å². The van der Waals surface area contributed by atoms with Crippen LogP contribution in [0.3, 0.4) is 0 Å². The number of nitro benzene ring substituents is 1. The molecule has 20 heavy (non-hydrogen) atoms. The minimum Gasteiger partial charge on any atom is -0.382 e. The predicted octanol–water partition coefficient (Wildman–Crippen LogP) is 3.23. The highest BCUT2D eigenvalue weighted by atomic mass is 16.6. The van der Waals surface area contributed by atoms with Crippen LogP contribution in [-0.4, -0.2) is 29.1 Å². The van der Waals surface area contributed by atoms with E-state index >= 15 is 0 Å². The summed E-state index contributed by atoms with van der Waals surface area (Å²) in [6.07, 6.45) is 3.42. The third-order valence-corrected chi connectivity index (χ3v) is 3.93. The van der Waals surface area contributed by atoms with Crippen molar-refractivity contribution in [3.05, 3.63) is 28.3 Å². The molecule has 1 saturated heterocycles. The fraction of sp³-hybridized carbons (Fsp3) is 0.571. The Balaban J connectivity index is 2.30. The van der Waals surface area contributed by atoms with Crippen LogP contribution in [0.15, 0.2) is 18.2 Å². The minimum absolute atomic E-state index is 0.0972. The summed E-state index contributed by atoms with van der Waals surface area (Å²) in [6, 6.07) is 6.04. The molecule has 2 unspecified atom stereocenters. The maximum atomic E-state index is 11.3. The number of hydrogen-bond donors (Lipinski definition) is 2. The standard InChI is InChI=1S/C14H22N4O2/c1-10-6-4-7-11(2)17(10)16-13-9-5-8-12(15-3)14(13)18(19)20/h5,8-11,15-16H,4,6-7H2,1-3H3. The Hall–Kier alpha value is -1.82. The molecule has 0 amide bonds. The average molecular weight is 278 g/mol. The summed E-state index contributed by atoms with van der Waals surface area (Å²) in [5, 5.41) is 16.3. The van der Waals surface area contributed by atoms with Crippen LogP contribution in [0.1, 0.15) is 33.1 Å². The Kier molecular flexibility index (Phi) is 4.44. The molecule has 6 nitrogen and oxygen atoms in total. The zero-order valence-corrected chi connectivity index (χ0v) is 12.2. The number of nitrogens with zero attached hydrogens (tertiary/aromatic N) is 2. The van der Waals surface area contributed by atoms with Crippen molar-refractivity contribution in [3.63, 3.8) is 0 Å². The first-order valence-corrected chi connectivity index (χ1v) is 7.04. The Morgan fingerprint density at radius 3 is 2.40 bits per heavy atom. The van der Waals surface area contributed by atoms with Gasteiger partial charge in [0.2, 0.25) is 0 Å². The summed E-state index contributed by atoms with van der Waals surface area (Å²) in [4.78, 5) is 11.0. The van der Waals surface area contributed by atoms with E-state index in [1.165, 1.54) is 6.42 Å². The summed E-state index contributed by atoms with van der Waals surface area (Å²) in [6.45, 7) is 4.30. The lowest BCUT2D eigenvalue weighted by atomic mass is 10.00. The third kappa shape index (κ3) is 2.85. The van der Waals surface area contributed by atoms with Gasteiger partial charge in [-0.1, -0.05) is 12.5 Å². The van der Waals surface area contributed by atoms with Crippen molar-refractivity contribution in [3.8, 4) is 0 Å². The highest BCUT2D eigenvalue weighted by molar-refractivity contribution is 5.75. The third-order valence-electron chi connectivity index (χ3n) is 3.93. The molecule has 1 aromatic rings. The molecule has 0 aliphatic carbocycles. The highest BCUT2D eigenvalue weighted by Gasteiger charge is 2.27. The summed E-state index contributed by atoms with van der Waals surface area (Å²) in [5.74, 6) is 0. The largest absolute Gasteiger partial charge is 0.382 e. The molecule has 0 bridgehead atoms. The van der Waals surface area contributed by atoms with E-state index in [0.717, 1.165) is 12.8 Å². The zero-order chi connectivity index (χ0) is 14.7. The fourth-order valence-corrected chi connectivity index (χ4v) is 2.81. The Morgan fingerprint density at radius 2 is 1.85 bits per heavy atom. The van der Waals surface area contributed by atoms with Gasteiger partial charge >= 0.3 is 5.69 Å². The van der Waals surface area contributed by atoms with Crippen molar-refractivity contribution < 1.29 is 4.92 Å². The number of nitrogens with one attached hydrogen (secondary N) is 2. The molecule has 1 aliphatic rings. The van der Waals surface area contributed by atoms with Gasteiger partial charge in [0, 0.05) is 19.1 Å². The van der Waals surface area contributed by atoms with Crippen molar-refractivity contribution in [2.24, 2.45) is 0 Å². The molecule has 0 saturated carbocycles. The minimum atomic E-state index is -0.340. The number of benzene rings is 1. The van der Waals surface area contributed by atoms with E-state index in [1.807, 2.05) is 6.07 Å². The molecular formula is C14H22N4O2. The van der Waals surface area contributed by atoms with Crippen LogP contribution < -0.4 is 10.7 Å². The van der Waals surface area contributed by atoms with Gasteiger partial charge in [0.15, 0.2) is 0 Å². The molecule has 110 valence electrons. The topological polar surface area (TPSA) is 70.4 Å². The quantitative estimate of drug-likeness (QED) is 0.653. The Bertz CT molecular complexity index is 482. The molecule has 1 heterocycles. The van der Waals surface area contributed by atoms with Gasteiger partial charge in [-0.25, -0.2) is 5.01 Å². The molecule has 0 spiro atoms. The molecule has 0 aromatic heterocycles. The average Bonchev–Trinajstić information content (AvgIpc) is 2.42. The Morgan fingerprint density at radius 1 is 1.25 bits per heavy atom. The van der Waals surface area contributed by atoms with E-state index < -0.39 is 0 Å². The van der Waals surface area contributed by atoms with Crippen molar-refractivity contribution in [2.75, 3.05) is 17.8 Å². The smallest absolute Gasteiger partial charge is 0.316 e. The van der Waals surface area contributed by atoms with E-state index in [2.05, 4.69) is 29.6 Å². The van der Waals surface area contributed by atoms with Gasteiger partial charge in [0.1, 0.15) is 11.4 Å². The van der Waals surface area contributed by atoms with Gasteiger partial charge in [-0.15, -0.1) is 0 Å². The van der Waals surface area contributed by atoms with Gasteiger partial charge in [-0.3, -0.25) is 10.1 Å². The van der Waals surface area contributed by atoms with Crippen LogP contribution in [0.25, 0.3) is 0 Å². The fourth-order valence-electron chi connectivity index (χ4n) is 2.81. The van der Waals surface area contributed by atoms with Crippen LogP contribution in [0, 0.1) is 10.1 Å². The number of hydrazine groups is 1. The second-order valence-corrected chi connectivity index (χ2v) is 5.36. The SMILES string of the molecule is CNc1cccc(NN2C(C)CCCC2C)c1[N+](=O)[O-]. The molecule has 1 aromatic carbocycles. The summed E-state index contributed by atoms with van der Waals surface area (Å²) < 4.78 is 0. The normalized spacial score (nSPS) is 23.4. The molecule has 2 rings (SSSR count). The number of piperidine rings is 1. The second kappa shape index (κ2) is 6.09. The van der Waals surface area contributed by atoms with Crippen molar-refractivity contribution in [1.82, 2.24) is 5.01 Å². The lowest BCUT2D eigenvalue weighted by Crippen LogP contribution is -2.47. The van der Waals surface area contributed by atoms with Gasteiger partial charge in [0.05, 0.1) is 4.92 Å². The van der Waals surface area contributed by atoms with Crippen molar-refractivity contribution in [2.45, 2.75) is 45.2 Å². The van der Waals surface area contributed by atoms with Crippen LogP contribution in [0.4, 0.5) is 17.1 Å². The van der Waals surface area contributed by atoms with Crippen LogP contribution in [-0.2, 0) is 0 Å². The number of rotatable bonds is 4. The first kappa shape index (κ1) is 14.6. The maximum Gasteiger partial charge on any atom is 0.316 e. The van der Waals surface area contributed by atoms with E-state index in [-0.39, 0.29) is 10.6 Å². The first-order valence-electron chi connectivity index (χ1n) is 7.04. The molecule has 6 heteroatoms. The molecule has 1 fully saturated rings. The van der Waals surface area contributed by atoms with Gasteiger partial charge in [-0.05, 0) is 38.8 Å². The van der Waals surface area contributed by atoms with E-state index in [9.17, 15) is 10.1 Å². The van der Waals surface area contributed by atoms with Crippen LogP contribution >= 0.6 is 0 Å². The second-order valence-electron chi connectivity index (χ2n) is 5.36. The number of nitro groups is 1. The number of hydrogen-bond acceptors (Lipinski definition) is 5. The summed E-state index contributed by atoms with van der Waals surface area (Å²) in [5.41, 5.74) is 4.42. The maximum absolute atomic E-state index is 11.3. The molecule has 2 N–H and O–H groups in total. The summed E-state index contributed by atoms with van der Waals surface area (Å²) in [7, 11) is 1.69. The lowest BCUT2D eigenvalue weighted by molar-refractivity contribution is -0.383. The highest BCUT2D eigenvalue weighted by Crippen LogP contribution is 2.34. The van der Waals surface area contributed by atoms with Crippen LogP contribution in [0.5, 0.6) is 0 Å². The van der Waals surface area contributed by atoms with E-state index in [1.54, 1.807) is 19.2 Å². The lowest BCUT2D eigenvalue weighted by Gasteiger charge is -2.39.